The molecule has 0 fully saturated rings. The third-order valence-corrected chi connectivity index (χ3v) is 12.9. The van der Waals surface area contributed by atoms with Crippen LogP contribution in [-0.2, 0) is 6.42 Å². The molecule has 0 bridgehead atoms. The van der Waals surface area contributed by atoms with Gasteiger partial charge >= 0.3 is 0 Å². The van der Waals surface area contributed by atoms with Gasteiger partial charge in [-0.15, -0.1) is 0 Å². The number of nitrogens with two attached hydrogens (primary N) is 1. The van der Waals surface area contributed by atoms with Crippen LogP contribution < -0.4 is 5.73 Å². The summed E-state index contributed by atoms with van der Waals surface area (Å²) < 4.78 is 0. The molecular formula is C59H49N. The van der Waals surface area contributed by atoms with Crippen molar-refractivity contribution in [1.82, 2.24) is 0 Å². The summed E-state index contributed by atoms with van der Waals surface area (Å²) >= 11 is 0. The number of rotatable bonds is 8. The number of benzene rings is 7. The summed E-state index contributed by atoms with van der Waals surface area (Å²) in [6, 6.07) is 49.0. The molecule has 3 aliphatic carbocycles. The number of hydrogen-bond acceptors (Lipinski definition) is 1. The first kappa shape index (κ1) is 37.4. The number of allylic oxidation sites excluding steroid dienone is 10. The molecule has 0 spiro atoms. The fraction of sp³-hybridized carbons (Fsp3) is 0.153. The second kappa shape index (κ2) is 16.4. The minimum atomic E-state index is -0.0722. The normalized spacial score (nSPS) is 18.3. The molecular weight excluding hydrogens is 723 g/mol. The van der Waals surface area contributed by atoms with E-state index in [0.29, 0.717) is 0 Å². The molecule has 0 aromatic heterocycles. The molecule has 0 heterocycles. The maximum absolute atomic E-state index is 7.61. The number of fused-ring (bicyclic) bond motifs is 6. The maximum Gasteiger partial charge on any atom is 0.0490 e. The van der Waals surface area contributed by atoms with Crippen molar-refractivity contribution in [3.8, 4) is 34.1 Å². The van der Waals surface area contributed by atoms with E-state index in [9.17, 15) is 0 Å². The lowest BCUT2D eigenvalue weighted by molar-refractivity contribution is 0.727. The Bertz CT molecular complexity index is 3060. The zero-order chi connectivity index (χ0) is 40.4. The third kappa shape index (κ3) is 7.03. The van der Waals surface area contributed by atoms with E-state index in [4.69, 9.17) is 5.73 Å². The van der Waals surface area contributed by atoms with Crippen LogP contribution in [0.3, 0.4) is 0 Å². The van der Waals surface area contributed by atoms with Gasteiger partial charge in [-0.2, -0.15) is 0 Å². The van der Waals surface area contributed by atoms with Crippen molar-refractivity contribution >= 4 is 44.1 Å². The molecule has 0 saturated carbocycles. The molecule has 1 heteroatoms. The number of hydrogen-bond donors (Lipinski definition) is 1. The summed E-state index contributed by atoms with van der Waals surface area (Å²) in [7, 11) is 0. The fourth-order valence-corrected chi connectivity index (χ4v) is 9.82. The monoisotopic (exact) mass is 771 g/mol. The lowest BCUT2D eigenvalue weighted by atomic mass is 9.81. The molecule has 7 aromatic rings. The third-order valence-electron chi connectivity index (χ3n) is 12.9. The van der Waals surface area contributed by atoms with Gasteiger partial charge in [0.2, 0.25) is 0 Å². The molecule has 290 valence electrons. The first-order valence-electron chi connectivity index (χ1n) is 21.7. The van der Waals surface area contributed by atoms with Gasteiger partial charge in [-0.05, 0) is 121 Å². The molecule has 7 aromatic carbocycles. The van der Waals surface area contributed by atoms with Gasteiger partial charge in [0, 0.05) is 29.5 Å². The molecule has 60 heavy (non-hydrogen) atoms. The van der Waals surface area contributed by atoms with Crippen LogP contribution in [0.5, 0.6) is 0 Å². The van der Waals surface area contributed by atoms with Crippen LogP contribution in [-0.4, -0.2) is 0 Å². The maximum atomic E-state index is 7.61. The lowest BCUT2D eigenvalue weighted by Gasteiger charge is -2.23. The van der Waals surface area contributed by atoms with E-state index in [1.807, 2.05) is 0 Å². The van der Waals surface area contributed by atoms with Crippen LogP contribution in [0.4, 0.5) is 0 Å². The van der Waals surface area contributed by atoms with Crippen molar-refractivity contribution < 1.29 is 0 Å². The Hall–Kier alpha value is -6.88. The van der Waals surface area contributed by atoms with Crippen molar-refractivity contribution in [3.05, 3.63) is 215 Å². The summed E-state index contributed by atoms with van der Waals surface area (Å²) in [6.45, 7) is 2.28. The quantitative estimate of drug-likeness (QED) is 0.121. The molecule has 2 N–H and O–H groups in total. The van der Waals surface area contributed by atoms with E-state index < -0.39 is 0 Å². The second-order valence-corrected chi connectivity index (χ2v) is 16.4. The van der Waals surface area contributed by atoms with Crippen LogP contribution >= 0.6 is 0 Å². The average molecular weight is 772 g/mol. The van der Waals surface area contributed by atoms with Crippen molar-refractivity contribution in [2.24, 2.45) is 11.7 Å². The summed E-state index contributed by atoms with van der Waals surface area (Å²) in [4.78, 5) is 0. The van der Waals surface area contributed by atoms with Crippen molar-refractivity contribution in [2.45, 2.75) is 51.4 Å². The zero-order valence-corrected chi connectivity index (χ0v) is 34.3. The molecule has 3 aliphatic rings. The topological polar surface area (TPSA) is 26.0 Å². The summed E-state index contributed by atoms with van der Waals surface area (Å²) in [5.74, 6) is 7.09. The van der Waals surface area contributed by atoms with E-state index in [2.05, 4.69) is 201 Å². The largest absolute Gasteiger partial charge is 0.398 e. The molecule has 0 aliphatic heterocycles. The Kier molecular flexibility index (Phi) is 10.2. The van der Waals surface area contributed by atoms with E-state index in [1.165, 1.54) is 76.9 Å². The van der Waals surface area contributed by atoms with E-state index in [-0.39, 0.29) is 11.8 Å². The molecule has 1 nitrogen and oxygen atoms in total. The first-order valence-corrected chi connectivity index (χ1v) is 21.7. The minimum Gasteiger partial charge on any atom is -0.398 e. The summed E-state index contributed by atoms with van der Waals surface area (Å²) in [5, 5.41) is 7.51. The van der Waals surface area contributed by atoms with Crippen LogP contribution in [0, 0.1) is 17.8 Å². The van der Waals surface area contributed by atoms with Gasteiger partial charge in [-0.25, -0.2) is 0 Å². The summed E-state index contributed by atoms with van der Waals surface area (Å²) in [6.07, 6.45) is 24.7. The Morgan fingerprint density at radius 3 is 2.33 bits per heavy atom. The SMILES string of the molecule is CCC1=C(C2=C/CC#CC(C(/C=C(\N)c3cc(-c4cccc5ccc6ccccc6c45)ccc3-c3cccc4ccc5c(c34)C=CCC5)c3ccccc3)/C=C\2)C=CCC1. The van der Waals surface area contributed by atoms with Crippen molar-refractivity contribution in [3.63, 3.8) is 0 Å². The van der Waals surface area contributed by atoms with Crippen LogP contribution in [0.1, 0.15) is 67.2 Å². The van der Waals surface area contributed by atoms with Crippen molar-refractivity contribution in [1.29, 1.82) is 0 Å². The number of aryl methyl sites for hydroxylation is 1. The fourth-order valence-electron chi connectivity index (χ4n) is 9.82. The highest BCUT2D eigenvalue weighted by Gasteiger charge is 2.23. The molecule has 0 radical (unpaired) electrons. The highest BCUT2D eigenvalue weighted by molar-refractivity contribution is 6.14. The van der Waals surface area contributed by atoms with Gasteiger partial charge in [0.05, 0.1) is 0 Å². The van der Waals surface area contributed by atoms with Crippen molar-refractivity contribution in [2.75, 3.05) is 0 Å². The molecule has 0 saturated heterocycles. The smallest absolute Gasteiger partial charge is 0.0490 e. The molecule has 0 amide bonds. The van der Waals surface area contributed by atoms with Gasteiger partial charge in [-0.3, -0.25) is 0 Å². The van der Waals surface area contributed by atoms with Gasteiger partial charge in [0.1, 0.15) is 0 Å². The second-order valence-electron chi connectivity index (χ2n) is 16.4. The minimum absolute atomic E-state index is 0.0707. The van der Waals surface area contributed by atoms with Crippen LogP contribution in [0.25, 0.3) is 66.3 Å². The standard InChI is InChI=1S/C59H49N/c1-2-40-16-8-11-25-49(40)42-19-6-7-22-45(31-30-42)55(41-17-4-3-5-18-41)39-57(60)56-38-48(52-28-14-23-46-34-32-43-20-9-12-26-50(43)58(46)52)36-37-53(56)54-29-15-24-47-35-33-44-21-10-13-27-51(44)59(47)54/h3-5,9,11-15,17-20,23-39,45,55H,2,6,8,10,16,21,60H2,1H3/b31-30-,42-19+,57-39-. The van der Waals surface area contributed by atoms with Crippen LogP contribution in [0.15, 0.2) is 193 Å². The molecule has 2 unspecified atom stereocenters. The highest BCUT2D eigenvalue weighted by Crippen LogP contribution is 2.42. The van der Waals surface area contributed by atoms with Gasteiger partial charge < -0.3 is 5.73 Å². The Balaban J connectivity index is 1.18. The predicted molar refractivity (Wildman–Crippen MR) is 257 cm³/mol. The van der Waals surface area contributed by atoms with Gasteiger partial charge in [0.15, 0.2) is 0 Å². The van der Waals surface area contributed by atoms with E-state index in [1.54, 1.807) is 0 Å². The zero-order valence-electron chi connectivity index (χ0n) is 34.3. The lowest BCUT2D eigenvalue weighted by Crippen LogP contribution is -2.11. The molecule has 2 atom stereocenters. The Labute approximate surface area is 354 Å². The first-order chi connectivity index (χ1) is 29.6. The Morgan fingerprint density at radius 1 is 0.700 bits per heavy atom. The molecule has 10 rings (SSSR count). The van der Waals surface area contributed by atoms with Gasteiger partial charge in [-0.1, -0.05) is 200 Å². The van der Waals surface area contributed by atoms with Gasteiger partial charge in [0.25, 0.3) is 0 Å². The van der Waals surface area contributed by atoms with E-state index >= 15 is 0 Å². The predicted octanol–water partition coefficient (Wildman–Crippen LogP) is 15.1. The summed E-state index contributed by atoms with van der Waals surface area (Å²) in [5.41, 5.74) is 22.2. The van der Waals surface area contributed by atoms with E-state index in [0.717, 1.165) is 60.9 Å². The van der Waals surface area contributed by atoms with Crippen LogP contribution in [0.2, 0.25) is 0 Å². The average Bonchev–Trinajstić information content (AvgIpc) is 3.30. The highest BCUT2D eigenvalue weighted by atomic mass is 14.6. The Morgan fingerprint density at radius 2 is 1.45 bits per heavy atom.